The zero-order valence-electron chi connectivity index (χ0n) is 14.1. The molecule has 0 aliphatic carbocycles. The Morgan fingerprint density at radius 3 is 2.62 bits per heavy atom. The monoisotopic (exact) mass is 370 g/mol. The van der Waals surface area contributed by atoms with E-state index in [1.54, 1.807) is 13.8 Å². The predicted molar refractivity (Wildman–Crippen MR) is 85.2 cm³/mol. The molecule has 1 atom stereocenters. The average molecular weight is 370 g/mol. The number of benzene rings is 1. The van der Waals surface area contributed by atoms with Gasteiger partial charge in [-0.3, -0.25) is 9.59 Å². The number of ether oxygens (including phenoxy) is 1. The Balaban J connectivity index is 1.97. The summed E-state index contributed by atoms with van der Waals surface area (Å²) in [6.45, 7) is 3.28. The number of halogens is 3. The standard InChI is InChI=1S/C17H17F3N2O4/c1-3-13(16(24)21-14-7-10(2)26-22-14)25-15(23)9-11-5-4-6-12(8-11)17(18,19)20/h4-8,13H,3,9H2,1-2H3,(H,21,22,24). The van der Waals surface area contributed by atoms with Crippen molar-refractivity contribution in [3.05, 3.63) is 47.2 Å². The molecule has 0 spiro atoms. The number of hydrogen-bond donors (Lipinski definition) is 1. The number of amides is 1. The number of aryl methyl sites for hydroxylation is 1. The lowest BCUT2D eigenvalue weighted by Crippen LogP contribution is -2.32. The van der Waals surface area contributed by atoms with Crippen molar-refractivity contribution in [2.45, 2.75) is 39.0 Å². The van der Waals surface area contributed by atoms with Crippen molar-refractivity contribution in [1.29, 1.82) is 0 Å². The van der Waals surface area contributed by atoms with Crippen LogP contribution in [0.25, 0.3) is 0 Å². The Morgan fingerprint density at radius 2 is 2.04 bits per heavy atom. The molecule has 1 amide bonds. The number of rotatable bonds is 6. The molecular weight excluding hydrogens is 353 g/mol. The van der Waals surface area contributed by atoms with Gasteiger partial charge in [0.2, 0.25) is 0 Å². The van der Waals surface area contributed by atoms with Crippen molar-refractivity contribution in [1.82, 2.24) is 5.16 Å². The second-order valence-corrected chi connectivity index (χ2v) is 5.57. The van der Waals surface area contributed by atoms with E-state index in [1.807, 2.05) is 0 Å². The van der Waals surface area contributed by atoms with E-state index in [0.717, 1.165) is 12.1 Å². The van der Waals surface area contributed by atoms with E-state index in [4.69, 9.17) is 9.26 Å². The molecule has 0 aliphatic heterocycles. The molecule has 0 radical (unpaired) electrons. The fourth-order valence-corrected chi connectivity index (χ4v) is 2.18. The summed E-state index contributed by atoms with van der Waals surface area (Å²) in [5.74, 6) is -0.726. The lowest BCUT2D eigenvalue weighted by Gasteiger charge is -2.15. The highest BCUT2D eigenvalue weighted by molar-refractivity contribution is 5.94. The van der Waals surface area contributed by atoms with Gasteiger partial charge in [0.05, 0.1) is 12.0 Å². The third-order valence-corrected chi connectivity index (χ3v) is 3.42. The van der Waals surface area contributed by atoms with Crippen LogP contribution in [0.5, 0.6) is 0 Å². The van der Waals surface area contributed by atoms with E-state index in [0.29, 0.717) is 5.76 Å². The predicted octanol–water partition coefficient (Wildman–Crippen LogP) is 3.50. The van der Waals surface area contributed by atoms with Gasteiger partial charge in [0.25, 0.3) is 5.91 Å². The molecule has 1 N–H and O–H groups in total. The second-order valence-electron chi connectivity index (χ2n) is 5.57. The van der Waals surface area contributed by atoms with E-state index in [-0.39, 0.29) is 24.2 Å². The van der Waals surface area contributed by atoms with Crippen LogP contribution >= 0.6 is 0 Å². The Hall–Kier alpha value is -2.84. The summed E-state index contributed by atoms with van der Waals surface area (Å²) in [7, 11) is 0. The number of nitrogens with zero attached hydrogens (tertiary/aromatic N) is 1. The maximum absolute atomic E-state index is 12.7. The molecule has 9 heteroatoms. The number of esters is 1. The quantitative estimate of drug-likeness (QED) is 0.787. The smallest absolute Gasteiger partial charge is 0.416 e. The zero-order valence-corrected chi connectivity index (χ0v) is 14.1. The first-order valence-corrected chi connectivity index (χ1v) is 7.79. The van der Waals surface area contributed by atoms with Crippen molar-refractivity contribution < 1.29 is 32.0 Å². The molecule has 1 heterocycles. The molecule has 1 aromatic heterocycles. The van der Waals surface area contributed by atoms with Gasteiger partial charge in [-0.1, -0.05) is 30.3 Å². The molecular formula is C17H17F3N2O4. The number of aromatic nitrogens is 1. The maximum Gasteiger partial charge on any atom is 0.416 e. The minimum Gasteiger partial charge on any atom is -0.452 e. The fraction of sp³-hybridized carbons (Fsp3) is 0.353. The molecule has 0 fully saturated rings. The van der Waals surface area contributed by atoms with Crippen LogP contribution in [0.1, 0.15) is 30.2 Å². The largest absolute Gasteiger partial charge is 0.452 e. The highest BCUT2D eigenvalue weighted by atomic mass is 19.4. The topological polar surface area (TPSA) is 81.4 Å². The van der Waals surface area contributed by atoms with Crippen LogP contribution in [-0.4, -0.2) is 23.1 Å². The molecule has 0 bridgehead atoms. The SMILES string of the molecule is CCC(OC(=O)Cc1cccc(C(F)(F)F)c1)C(=O)Nc1cc(C)on1. The summed E-state index contributed by atoms with van der Waals surface area (Å²) in [4.78, 5) is 24.1. The number of nitrogens with one attached hydrogen (secondary N) is 1. The van der Waals surface area contributed by atoms with Gasteiger partial charge in [0, 0.05) is 6.07 Å². The molecule has 0 saturated carbocycles. The molecule has 1 aromatic carbocycles. The number of carbonyl (C=O) groups excluding carboxylic acids is 2. The van der Waals surface area contributed by atoms with E-state index < -0.39 is 29.7 Å². The van der Waals surface area contributed by atoms with Crippen molar-refractivity contribution in [3.63, 3.8) is 0 Å². The molecule has 26 heavy (non-hydrogen) atoms. The summed E-state index contributed by atoms with van der Waals surface area (Å²) < 4.78 is 48.0. The highest BCUT2D eigenvalue weighted by Gasteiger charge is 2.30. The molecule has 0 aliphatic rings. The Labute approximate surface area is 147 Å². The van der Waals surface area contributed by atoms with Crippen molar-refractivity contribution in [2.75, 3.05) is 5.32 Å². The van der Waals surface area contributed by atoms with Crippen LogP contribution in [0.3, 0.4) is 0 Å². The van der Waals surface area contributed by atoms with Crippen molar-refractivity contribution in [3.8, 4) is 0 Å². The van der Waals surface area contributed by atoms with Gasteiger partial charge in [-0.15, -0.1) is 0 Å². The van der Waals surface area contributed by atoms with E-state index >= 15 is 0 Å². The van der Waals surface area contributed by atoms with E-state index in [2.05, 4.69) is 10.5 Å². The summed E-state index contributed by atoms with van der Waals surface area (Å²) in [5, 5.41) is 6.04. The maximum atomic E-state index is 12.7. The van der Waals surface area contributed by atoms with Gasteiger partial charge < -0.3 is 14.6 Å². The van der Waals surface area contributed by atoms with Crippen LogP contribution in [-0.2, 0) is 26.9 Å². The normalized spacial score (nSPS) is 12.5. The van der Waals surface area contributed by atoms with E-state index in [1.165, 1.54) is 18.2 Å². The van der Waals surface area contributed by atoms with Crippen molar-refractivity contribution in [2.24, 2.45) is 0 Å². The lowest BCUT2D eigenvalue weighted by atomic mass is 10.1. The summed E-state index contributed by atoms with van der Waals surface area (Å²) >= 11 is 0. The Bertz CT molecular complexity index is 786. The lowest BCUT2D eigenvalue weighted by molar-refractivity contribution is -0.153. The summed E-state index contributed by atoms with van der Waals surface area (Å²) in [5.41, 5.74) is -0.707. The number of anilines is 1. The number of carbonyl (C=O) groups is 2. The zero-order chi connectivity index (χ0) is 19.3. The van der Waals surface area contributed by atoms with Crippen LogP contribution < -0.4 is 5.32 Å². The Morgan fingerprint density at radius 1 is 1.31 bits per heavy atom. The van der Waals surface area contributed by atoms with Crippen LogP contribution in [0.2, 0.25) is 0 Å². The first-order valence-electron chi connectivity index (χ1n) is 7.79. The van der Waals surface area contributed by atoms with Gasteiger partial charge in [-0.2, -0.15) is 13.2 Å². The molecule has 0 saturated heterocycles. The van der Waals surface area contributed by atoms with Crippen LogP contribution in [0.4, 0.5) is 19.0 Å². The summed E-state index contributed by atoms with van der Waals surface area (Å²) in [6, 6.07) is 5.88. The van der Waals surface area contributed by atoms with Gasteiger partial charge in [-0.25, -0.2) is 0 Å². The minimum atomic E-state index is -4.50. The Kier molecular flexibility index (Phi) is 6.01. The van der Waals surface area contributed by atoms with Gasteiger partial charge in [0.15, 0.2) is 11.9 Å². The van der Waals surface area contributed by atoms with Gasteiger partial charge >= 0.3 is 12.1 Å². The highest BCUT2D eigenvalue weighted by Crippen LogP contribution is 2.29. The van der Waals surface area contributed by atoms with Crippen molar-refractivity contribution >= 4 is 17.7 Å². The number of alkyl halides is 3. The molecule has 2 rings (SSSR count). The fourth-order valence-electron chi connectivity index (χ4n) is 2.18. The average Bonchev–Trinajstić information content (AvgIpc) is 2.96. The second kappa shape index (κ2) is 8.03. The summed E-state index contributed by atoms with van der Waals surface area (Å²) in [6.07, 6.45) is -5.78. The number of hydrogen-bond acceptors (Lipinski definition) is 5. The third-order valence-electron chi connectivity index (χ3n) is 3.42. The van der Waals surface area contributed by atoms with Crippen LogP contribution in [0.15, 0.2) is 34.9 Å². The minimum absolute atomic E-state index is 0.146. The molecule has 2 aromatic rings. The first-order chi connectivity index (χ1) is 12.2. The molecule has 1 unspecified atom stereocenters. The third kappa shape index (κ3) is 5.33. The van der Waals surface area contributed by atoms with Gasteiger partial charge in [-0.05, 0) is 25.0 Å². The first kappa shape index (κ1) is 19.5. The molecule has 6 nitrogen and oxygen atoms in total. The van der Waals surface area contributed by atoms with Gasteiger partial charge in [0.1, 0.15) is 5.76 Å². The van der Waals surface area contributed by atoms with Crippen LogP contribution in [0, 0.1) is 6.92 Å². The van der Waals surface area contributed by atoms with E-state index in [9.17, 15) is 22.8 Å². The molecule has 140 valence electrons.